The minimum atomic E-state index is -0.494. The number of ether oxygens (including phenoxy) is 2. The number of hydrogen-bond donors (Lipinski definition) is 1. The number of nitrogens with one attached hydrogen (secondary N) is 1. The van der Waals surface area contributed by atoms with Crippen molar-refractivity contribution in [2.24, 2.45) is 7.05 Å². The highest BCUT2D eigenvalue weighted by atomic mass is 32.2. The average Bonchev–Trinajstić information content (AvgIpc) is 3.38. The van der Waals surface area contributed by atoms with E-state index in [9.17, 15) is 14.4 Å². The maximum atomic E-state index is 13.1. The molecule has 0 atom stereocenters. The lowest BCUT2D eigenvalue weighted by Gasteiger charge is -2.14. The minimum absolute atomic E-state index is 0.181. The Morgan fingerprint density at radius 1 is 0.976 bits per heavy atom. The maximum absolute atomic E-state index is 13.1. The average molecular weight is 587 g/mol. The number of benzene rings is 3. The number of hydrogen-bond acceptors (Lipinski definition) is 7. The quantitative estimate of drug-likeness (QED) is 0.231. The van der Waals surface area contributed by atoms with Crippen molar-refractivity contribution in [1.82, 2.24) is 9.36 Å². The van der Waals surface area contributed by atoms with E-state index in [0.717, 1.165) is 0 Å². The third-order valence-corrected chi connectivity index (χ3v) is 7.77. The van der Waals surface area contributed by atoms with Crippen LogP contribution >= 0.6 is 24.0 Å². The maximum Gasteiger partial charge on any atom is 0.295 e. The summed E-state index contributed by atoms with van der Waals surface area (Å²) in [5.41, 5.74) is 2.54. The van der Waals surface area contributed by atoms with Crippen molar-refractivity contribution in [2.45, 2.75) is 6.92 Å². The third kappa shape index (κ3) is 5.67. The van der Waals surface area contributed by atoms with Crippen LogP contribution in [0.2, 0.25) is 0 Å². The zero-order valence-corrected chi connectivity index (χ0v) is 24.1. The van der Waals surface area contributed by atoms with Gasteiger partial charge in [0.25, 0.3) is 17.4 Å². The van der Waals surface area contributed by atoms with Gasteiger partial charge in [0.1, 0.15) is 5.69 Å². The van der Waals surface area contributed by atoms with Gasteiger partial charge in [0.2, 0.25) is 0 Å². The van der Waals surface area contributed by atoms with E-state index in [1.165, 1.54) is 28.5 Å². The molecule has 1 fully saturated rings. The summed E-state index contributed by atoms with van der Waals surface area (Å²) in [5.74, 6) is 0.0203. The molecule has 1 N–H and O–H groups in total. The molecule has 1 aromatic heterocycles. The van der Waals surface area contributed by atoms with Gasteiger partial charge in [-0.3, -0.25) is 24.0 Å². The molecule has 2 amide bonds. The molecule has 41 heavy (non-hydrogen) atoms. The second-order valence-corrected chi connectivity index (χ2v) is 10.7. The first-order valence-electron chi connectivity index (χ1n) is 12.6. The van der Waals surface area contributed by atoms with Gasteiger partial charge >= 0.3 is 0 Å². The number of para-hydroxylation sites is 2. The number of amides is 2. The van der Waals surface area contributed by atoms with Crippen molar-refractivity contribution in [3.63, 3.8) is 0 Å². The summed E-state index contributed by atoms with van der Waals surface area (Å²) in [5, 5.41) is 2.68. The van der Waals surface area contributed by atoms with Crippen LogP contribution in [-0.2, 0) is 16.6 Å². The molecule has 1 saturated heterocycles. The highest BCUT2D eigenvalue weighted by Gasteiger charge is 2.33. The first-order valence-corrected chi connectivity index (χ1v) is 13.8. The fraction of sp³-hybridized carbons (Fsp3) is 0.133. The van der Waals surface area contributed by atoms with Crippen LogP contribution in [0.25, 0.3) is 11.8 Å². The van der Waals surface area contributed by atoms with Crippen LogP contribution in [0, 0.1) is 6.92 Å². The number of thioether (sulfide) groups is 1. The van der Waals surface area contributed by atoms with Gasteiger partial charge in [0.15, 0.2) is 22.4 Å². The van der Waals surface area contributed by atoms with Gasteiger partial charge < -0.3 is 14.8 Å². The standard InChI is InChI=1S/C30H26N4O5S2/c1-19-27(29(37)34(32(19)2)22-12-8-5-9-13-22)31-26(35)18-39-23-15-14-20(16-24(23)38-3)17-25-28(36)33(30(40)41-25)21-10-6-4-7-11-21/h4-17H,18H2,1-3H3,(H,31,35). The van der Waals surface area contributed by atoms with E-state index in [-0.39, 0.29) is 23.8 Å². The predicted molar refractivity (Wildman–Crippen MR) is 165 cm³/mol. The van der Waals surface area contributed by atoms with Gasteiger partial charge in [-0.2, -0.15) is 0 Å². The molecule has 11 heteroatoms. The van der Waals surface area contributed by atoms with E-state index < -0.39 is 5.91 Å². The third-order valence-electron chi connectivity index (χ3n) is 6.47. The molecule has 2 heterocycles. The van der Waals surface area contributed by atoms with Crippen LogP contribution in [0.5, 0.6) is 11.5 Å². The Morgan fingerprint density at radius 3 is 2.29 bits per heavy atom. The van der Waals surface area contributed by atoms with Crippen LogP contribution < -0.4 is 25.2 Å². The molecule has 208 valence electrons. The summed E-state index contributed by atoms with van der Waals surface area (Å²) in [7, 11) is 3.24. The Labute approximate surface area is 246 Å². The second kappa shape index (κ2) is 11.9. The first kappa shape index (κ1) is 27.9. The predicted octanol–water partition coefficient (Wildman–Crippen LogP) is 4.92. The lowest BCUT2D eigenvalue weighted by atomic mass is 10.2. The van der Waals surface area contributed by atoms with E-state index in [0.29, 0.717) is 43.4 Å². The summed E-state index contributed by atoms with van der Waals surface area (Å²) < 4.78 is 14.8. The van der Waals surface area contributed by atoms with Gasteiger partial charge in [-0.1, -0.05) is 66.4 Å². The molecule has 3 aromatic carbocycles. The molecule has 1 aliphatic rings. The number of thiocarbonyl (C=S) groups is 1. The second-order valence-electron chi connectivity index (χ2n) is 9.04. The zero-order chi connectivity index (χ0) is 29.1. The Balaban J connectivity index is 1.28. The van der Waals surface area contributed by atoms with Crippen LogP contribution in [0.15, 0.2) is 88.6 Å². The van der Waals surface area contributed by atoms with Crippen LogP contribution in [0.1, 0.15) is 11.3 Å². The molecule has 0 aliphatic carbocycles. The highest BCUT2D eigenvalue weighted by molar-refractivity contribution is 8.27. The van der Waals surface area contributed by atoms with Crippen molar-refractivity contribution in [2.75, 3.05) is 23.9 Å². The topological polar surface area (TPSA) is 94.8 Å². The molecule has 4 aromatic rings. The van der Waals surface area contributed by atoms with Gasteiger partial charge in [0, 0.05) is 7.05 Å². The summed E-state index contributed by atoms with van der Waals surface area (Å²) >= 11 is 6.66. The van der Waals surface area contributed by atoms with E-state index in [1.54, 1.807) is 42.9 Å². The lowest BCUT2D eigenvalue weighted by Crippen LogP contribution is -2.27. The largest absolute Gasteiger partial charge is 0.493 e. The Kier molecular flexibility index (Phi) is 8.09. The van der Waals surface area contributed by atoms with Gasteiger partial charge in [-0.05, 0) is 55.0 Å². The van der Waals surface area contributed by atoms with E-state index in [2.05, 4.69) is 5.32 Å². The number of nitrogens with zero attached hydrogens (tertiary/aromatic N) is 3. The summed E-state index contributed by atoms with van der Waals surface area (Å²) in [4.78, 5) is 40.9. The fourth-order valence-electron chi connectivity index (χ4n) is 4.34. The van der Waals surface area contributed by atoms with E-state index >= 15 is 0 Å². The SMILES string of the molecule is COc1cc(C=C2SC(=S)N(c3ccccc3)C2=O)ccc1OCC(=O)Nc1c(C)n(C)n(-c2ccccc2)c1=O. The smallest absolute Gasteiger partial charge is 0.295 e. The Morgan fingerprint density at radius 2 is 1.63 bits per heavy atom. The summed E-state index contributed by atoms with van der Waals surface area (Å²) in [6.07, 6.45) is 1.73. The van der Waals surface area contributed by atoms with Gasteiger partial charge in [-0.25, -0.2) is 4.68 Å². The molecule has 5 rings (SSSR count). The molecule has 0 saturated carbocycles. The van der Waals surface area contributed by atoms with Crippen molar-refractivity contribution in [3.8, 4) is 17.2 Å². The molecule has 1 aliphatic heterocycles. The van der Waals surface area contributed by atoms with Crippen LogP contribution in [0.3, 0.4) is 0 Å². The zero-order valence-electron chi connectivity index (χ0n) is 22.5. The number of rotatable bonds is 8. The normalized spacial score (nSPS) is 14.0. The van der Waals surface area contributed by atoms with Crippen LogP contribution in [-0.4, -0.2) is 39.2 Å². The number of anilines is 2. The minimum Gasteiger partial charge on any atom is -0.493 e. The number of carbonyl (C=O) groups excluding carboxylic acids is 2. The summed E-state index contributed by atoms with van der Waals surface area (Å²) in [6.45, 7) is 1.41. The molecular weight excluding hydrogens is 560 g/mol. The first-order chi connectivity index (χ1) is 19.8. The molecule has 0 spiro atoms. The molecular formula is C30H26N4O5S2. The summed E-state index contributed by atoms with van der Waals surface area (Å²) in [6, 6.07) is 23.5. The number of aromatic nitrogens is 2. The molecule has 0 radical (unpaired) electrons. The highest BCUT2D eigenvalue weighted by Crippen LogP contribution is 2.37. The Bertz CT molecular complexity index is 1730. The molecule has 0 unspecified atom stereocenters. The number of methoxy groups -OCH3 is 1. The Hall–Kier alpha value is -4.61. The monoisotopic (exact) mass is 586 g/mol. The van der Waals surface area contributed by atoms with Crippen LogP contribution in [0.4, 0.5) is 11.4 Å². The van der Waals surface area contributed by atoms with Crippen molar-refractivity contribution < 1.29 is 19.1 Å². The number of carbonyl (C=O) groups is 2. The van der Waals surface area contributed by atoms with E-state index in [1.807, 2.05) is 60.7 Å². The lowest BCUT2D eigenvalue weighted by molar-refractivity contribution is -0.118. The van der Waals surface area contributed by atoms with Crippen molar-refractivity contribution >= 4 is 57.6 Å². The fourth-order valence-corrected chi connectivity index (χ4v) is 5.64. The molecule has 9 nitrogen and oxygen atoms in total. The van der Waals surface area contributed by atoms with Gasteiger partial charge in [0.05, 0.1) is 29.1 Å². The molecule has 0 bridgehead atoms. The van der Waals surface area contributed by atoms with Gasteiger partial charge in [-0.15, -0.1) is 0 Å². The van der Waals surface area contributed by atoms with E-state index in [4.69, 9.17) is 21.7 Å². The van der Waals surface area contributed by atoms with Crippen molar-refractivity contribution in [3.05, 3.63) is 105 Å². The van der Waals surface area contributed by atoms with Crippen molar-refractivity contribution in [1.29, 1.82) is 0 Å².